The minimum absolute atomic E-state index is 0.123. The molecule has 0 aliphatic carbocycles. The molecule has 1 unspecified atom stereocenters. The summed E-state index contributed by atoms with van der Waals surface area (Å²) in [5.74, 6) is -4.33. The predicted molar refractivity (Wildman–Crippen MR) is 43.0 cm³/mol. The van der Waals surface area contributed by atoms with Crippen molar-refractivity contribution in [2.45, 2.75) is 12.5 Å². The van der Waals surface area contributed by atoms with Crippen LogP contribution in [0.5, 0.6) is 0 Å². The van der Waals surface area contributed by atoms with Gasteiger partial charge in [-0.1, -0.05) is 6.07 Å². The van der Waals surface area contributed by atoms with Gasteiger partial charge >= 0.3 is 0 Å². The SMILES string of the molecule is OCCC(O)c1ccc(F)c(F)c1F. The van der Waals surface area contributed by atoms with Crippen LogP contribution in [0.3, 0.4) is 0 Å². The summed E-state index contributed by atoms with van der Waals surface area (Å²) in [5.41, 5.74) is -0.349. The molecule has 0 amide bonds. The Morgan fingerprint density at radius 3 is 2.36 bits per heavy atom. The lowest BCUT2D eigenvalue weighted by atomic mass is 10.1. The Bertz CT molecular complexity index is 328. The summed E-state index contributed by atoms with van der Waals surface area (Å²) in [4.78, 5) is 0. The van der Waals surface area contributed by atoms with E-state index in [0.29, 0.717) is 0 Å². The van der Waals surface area contributed by atoms with E-state index in [0.717, 1.165) is 12.1 Å². The van der Waals surface area contributed by atoms with Gasteiger partial charge in [0.05, 0.1) is 6.10 Å². The van der Waals surface area contributed by atoms with Crippen LogP contribution in [-0.4, -0.2) is 16.8 Å². The van der Waals surface area contributed by atoms with Crippen LogP contribution in [0.1, 0.15) is 18.1 Å². The quantitative estimate of drug-likeness (QED) is 0.736. The van der Waals surface area contributed by atoms with Gasteiger partial charge in [-0.25, -0.2) is 13.2 Å². The summed E-state index contributed by atoms with van der Waals surface area (Å²) < 4.78 is 38.1. The van der Waals surface area contributed by atoms with Gasteiger partial charge in [0.1, 0.15) is 0 Å². The van der Waals surface area contributed by atoms with Crippen LogP contribution >= 0.6 is 0 Å². The van der Waals surface area contributed by atoms with Gasteiger partial charge in [0, 0.05) is 18.6 Å². The van der Waals surface area contributed by atoms with Crippen molar-refractivity contribution in [2.75, 3.05) is 6.61 Å². The molecule has 1 rings (SSSR count). The van der Waals surface area contributed by atoms with Gasteiger partial charge in [-0.3, -0.25) is 0 Å². The first-order valence-corrected chi connectivity index (χ1v) is 4.00. The number of rotatable bonds is 3. The van der Waals surface area contributed by atoms with Gasteiger partial charge in [0.15, 0.2) is 17.5 Å². The number of halogens is 3. The van der Waals surface area contributed by atoms with Gasteiger partial charge in [-0.2, -0.15) is 0 Å². The molecule has 0 spiro atoms. The Morgan fingerprint density at radius 2 is 1.79 bits per heavy atom. The van der Waals surface area contributed by atoms with Crippen LogP contribution in [0.2, 0.25) is 0 Å². The van der Waals surface area contributed by atoms with E-state index in [1.807, 2.05) is 0 Å². The predicted octanol–water partition coefficient (Wildman–Crippen LogP) is 1.52. The van der Waals surface area contributed by atoms with Crippen molar-refractivity contribution in [3.8, 4) is 0 Å². The van der Waals surface area contributed by atoms with E-state index in [9.17, 15) is 18.3 Å². The molecule has 0 aliphatic rings. The Hall–Kier alpha value is -1.07. The third kappa shape index (κ3) is 2.05. The van der Waals surface area contributed by atoms with E-state index in [1.165, 1.54) is 0 Å². The normalized spacial score (nSPS) is 12.9. The van der Waals surface area contributed by atoms with Crippen LogP contribution in [0.15, 0.2) is 12.1 Å². The topological polar surface area (TPSA) is 40.5 Å². The molecule has 2 nitrogen and oxygen atoms in total. The lowest BCUT2D eigenvalue weighted by Gasteiger charge is -2.10. The molecule has 0 bridgehead atoms. The zero-order chi connectivity index (χ0) is 10.7. The molecule has 1 aromatic rings. The maximum absolute atomic E-state index is 13.0. The molecule has 0 aliphatic heterocycles. The smallest absolute Gasteiger partial charge is 0.194 e. The van der Waals surface area contributed by atoms with Crippen molar-refractivity contribution in [1.82, 2.24) is 0 Å². The zero-order valence-corrected chi connectivity index (χ0v) is 7.17. The van der Waals surface area contributed by atoms with Crippen molar-refractivity contribution >= 4 is 0 Å². The Labute approximate surface area is 78.6 Å². The highest BCUT2D eigenvalue weighted by Crippen LogP contribution is 2.23. The fourth-order valence-electron chi connectivity index (χ4n) is 1.08. The van der Waals surface area contributed by atoms with Gasteiger partial charge in [-0.05, 0) is 6.07 Å². The van der Waals surface area contributed by atoms with E-state index < -0.39 is 23.6 Å². The largest absolute Gasteiger partial charge is 0.396 e. The molecule has 0 radical (unpaired) electrons. The highest BCUT2D eigenvalue weighted by Gasteiger charge is 2.18. The van der Waals surface area contributed by atoms with Crippen LogP contribution in [0.25, 0.3) is 0 Å². The highest BCUT2D eigenvalue weighted by atomic mass is 19.2. The number of aliphatic hydroxyl groups is 2. The average molecular weight is 206 g/mol. The van der Waals surface area contributed by atoms with Crippen LogP contribution in [-0.2, 0) is 0 Å². The molecule has 0 heterocycles. The summed E-state index contributed by atoms with van der Waals surface area (Å²) in [6, 6.07) is 1.68. The Morgan fingerprint density at radius 1 is 1.14 bits per heavy atom. The molecule has 1 aromatic carbocycles. The maximum Gasteiger partial charge on any atom is 0.194 e. The Kier molecular flexibility index (Phi) is 3.49. The van der Waals surface area contributed by atoms with Crippen LogP contribution in [0, 0.1) is 17.5 Å². The van der Waals surface area contributed by atoms with E-state index in [4.69, 9.17) is 5.11 Å². The molecular formula is C9H9F3O2. The molecule has 5 heteroatoms. The van der Waals surface area contributed by atoms with Gasteiger partial charge in [0.25, 0.3) is 0 Å². The third-order valence-electron chi connectivity index (χ3n) is 1.83. The van der Waals surface area contributed by atoms with Crippen molar-refractivity contribution in [1.29, 1.82) is 0 Å². The van der Waals surface area contributed by atoms with E-state index in [2.05, 4.69) is 0 Å². The van der Waals surface area contributed by atoms with E-state index in [1.54, 1.807) is 0 Å². The third-order valence-corrected chi connectivity index (χ3v) is 1.83. The van der Waals surface area contributed by atoms with E-state index in [-0.39, 0.29) is 18.6 Å². The van der Waals surface area contributed by atoms with Crippen molar-refractivity contribution in [2.24, 2.45) is 0 Å². The minimum Gasteiger partial charge on any atom is -0.396 e. The second-order valence-corrected chi connectivity index (χ2v) is 2.79. The highest BCUT2D eigenvalue weighted by molar-refractivity contribution is 5.22. The summed E-state index contributed by atoms with van der Waals surface area (Å²) in [5, 5.41) is 17.7. The van der Waals surface area contributed by atoms with Crippen LogP contribution < -0.4 is 0 Å². The summed E-state index contributed by atoms with van der Waals surface area (Å²) in [6.45, 7) is -0.362. The molecule has 0 fully saturated rings. The van der Waals surface area contributed by atoms with Gasteiger partial charge in [-0.15, -0.1) is 0 Å². The summed E-state index contributed by atoms with van der Waals surface area (Å²) in [6.07, 6.45) is -1.45. The van der Waals surface area contributed by atoms with E-state index >= 15 is 0 Å². The molecule has 2 N–H and O–H groups in total. The monoisotopic (exact) mass is 206 g/mol. The maximum atomic E-state index is 13.0. The first-order valence-electron chi connectivity index (χ1n) is 4.00. The summed E-state index contributed by atoms with van der Waals surface area (Å²) in [7, 11) is 0. The number of benzene rings is 1. The molecule has 0 aromatic heterocycles. The zero-order valence-electron chi connectivity index (χ0n) is 7.17. The van der Waals surface area contributed by atoms with Crippen molar-refractivity contribution in [3.63, 3.8) is 0 Å². The minimum atomic E-state index is -1.61. The molecule has 0 saturated heterocycles. The number of hydrogen-bond acceptors (Lipinski definition) is 2. The standard InChI is InChI=1S/C9H9F3O2/c10-6-2-1-5(7(14)3-4-13)8(11)9(6)12/h1-2,7,13-14H,3-4H2. The fourth-order valence-corrected chi connectivity index (χ4v) is 1.08. The van der Waals surface area contributed by atoms with Crippen molar-refractivity contribution < 1.29 is 23.4 Å². The van der Waals surface area contributed by atoms with Crippen molar-refractivity contribution in [3.05, 3.63) is 35.1 Å². The summed E-state index contributed by atoms with van der Waals surface area (Å²) >= 11 is 0. The molecule has 1 atom stereocenters. The number of aliphatic hydroxyl groups excluding tert-OH is 2. The lowest BCUT2D eigenvalue weighted by Crippen LogP contribution is -2.05. The molecule has 0 saturated carbocycles. The Balaban J connectivity index is 3.04. The average Bonchev–Trinajstić information content (AvgIpc) is 2.15. The first kappa shape index (κ1) is 11.0. The first-order chi connectivity index (χ1) is 6.57. The van der Waals surface area contributed by atoms with Crippen LogP contribution in [0.4, 0.5) is 13.2 Å². The number of hydrogen-bond donors (Lipinski definition) is 2. The second kappa shape index (κ2) is 4.43. The fraction of sp³-hybridized carbons (Fsp3) is 0.333. The van der Waals surface area contributed by atoms with Gasteiger partial charge in [0.2, 0.25) is 0 Å². The molecule has 78 valence electrons. The molecular weight excluding hydrogens is 197 g/mol. The van der Waals surface area contributed by atoms with Gasteiger partial charge < -0.3 is 10.2 Å². The second-order valence-electron chi connectivity index (χ2n) is 2.79. The molecule has 14 heavy (non-hydrogen) atoms. The lowest BCUT2D eigenvalue weighted by molar-refractivity contribution is 0.130.